The zero-order valence-electron chi connectivity index (χ0n) is 39.1. The third-order valence-corrected chi connectivity index (χ3v) is 11.2. The zero-order valence-corrected chi connectivity index (χ0v) is 39.1. The molecule has 0 bridgehead atoms. The Bertz CT molecular complexity index is 924. The molecule has 1 atom stereocenters. The minimum atomic E-state index is -0.536. The minimum Gasteiger partial charge on any atom is -0.462 e. The van der Waals surface area contributed by atoms with Crippen molar-refractivity contribution in [2.24, 2.45) is 0 Å². The van der Waals surface area contributed by atoms with Crippen molar-refractivity contribution in [1.29, 1.82) is 0 Å². The van der Waals surface area contributed by atoms with E-state index in [2.05, 4.69) is 57.2 Å². The van der Waals surface area contributed by atoms with E-state index in [9.17, 15) is 9.59 Å². The van der Waals surface area contributed by atoms with Gasteiger partial charge >= 0.3 is 11.9 Å². The normalized spacial score (nSPS) is 12.4. The summed E-state index contributed by atoms with van der Waals surface area (Å²) in [5.41, 5.74) is 0. The molecule has 0 aliphatic carbocycles. The highest BCUT2D eigenvalue weighted by Gasteiger charge is 2.17. The molecule has 0 rings (SSSR count). The summed E-state index contributed by atoms with van der Waals surface area (Å²) >= 11 is 0. The number of allylic oxidation sites excluding steroid dienone is 6. The van der Waals surface area contributed by atoms with Crippen LogP contribution in [0, 0.1) is 0 Å². The van der Waals surface area contributed by atoms with E-state index in [-0.39, 0.29) is 25.2 Å². The number of ether oxygens (including phenoxy) is 3. The van der Waals surface area contributed by atoms with Crippen molar-refractivity contribution in [2.75, 3.05) is 19.8 Å². The van der Waals surface area contributed by atoms with E-state index in [1.165, 1.54) is 167 Å². The van der Waals surface area contributed by atoms with Gasteiger partial charge in [-0.15, -0.1) is 0 Å². The smallest absolute Gasteiger partial charge is 0.306 e. The summed E-state index contributed by atoms with van der Waals surface area (Å²) in [7, 11) is 0. The van der Waals surface area contributed by atoms with Gasteiger partial charge in [0, 0.05) is 19.4 Å². The van der Waals surface area contributed by atoms with E-state index in [1.807, 2.05) is 0 Å². The van der Waals surface area contributed by atoms with Crippen molar-refractivity contribution >= 4 is 11.9 Å². The van der Waals surface area contributed by atoms with Crippen molar-refractivity contribution < 1.29 is 23.8 Å². The maximum Gasteiger partial charge on any atom is 0.306 e. The van der Waals surface area contributed by atoms with E-state index in [0.717, 1.165) is 64.2 Å². The maximum atomic E-state index is 12.8. The van der Waals surface area contributed by atoms with E-state index in [1.54, 1.807) is 0 Å². The molecule has 0 spiro atoms. The Morgan fingerprint density at radius 3 is 1.24 bits per heavy atom. The van der Waals surface area contributed by atoms with E-state index in [4.69, 9.17) is 14.2 Å². The molecule has 0 fully saturated rings. The second kappa shape index (κ2) is 49.5. The lowest BCUT2D eigenvalue weighted by Gasteiger charge is -2.18. The van der Waals surface area contributed by atoms with Crippen LogP contribution in [0.2, 0.25) is 0 Å². The van der Waals surface area contributed by atoms with Crippen LogP contribution in [-0.2, 0) is 23.8 Å². The summed E-state index contributed by atoms with van der Waals surface area (Å²) in [6.45, 7) is 7.74. The third kappa shape index (κ3) is 46.8. The van der Waals surface area contributed by atoms with Crippen molar-refractivity contribution in [3.05, 3.63) is 36.5 Å². The van der Waals surface area contributed by atoms with Crippen LogP contribution in [0.3, 0.4) is 0 Å². The fraction of sp³-hybridized carbons (Fsp3) is 0.849. The quantitative estimate of drug-likeness (QED) is 0.0348. The highest BCUT2D eigenvalue weighted by molar-refractivity contribution is 5.70. The van der Waals surface area contributed by atoms with Gasteiger partial charge in [0.15, 0.2) is 6.10 Å². The zero-order chi connectivity index (χ0) is 42.1. The summed E-state index contributed by atoms with van der Waals surface area (Å²) in [6.07, 6.45) is 58.6. The maximum absolute atomic E-state index is 12.8. The van der Waals surface area contributed by atoms with E-state index < -0.39 is 6.10 Å². The first kappa shape index (κ1) is 56.1. The highest BCUT2D eigenvalue weighted by atomic mass is 16.6. The van der Waals surface area contributed by atoms with Crippen LogP contribution in [0.5, 0.6) is 0 Å². The number of unbranched alkanes of at least 4 members (excludes halogenated alkanes) is 30. The molecule has 0 N–H and O–H groups in total. The number of carbonyl (C=O) groups is 2. The molecular formula is C53H98O5. The number of carbonyl (C=O) groups excluding carboxylic acids is 2. The fourth-order valence-electron chi connectivity index (χ4n) is 7.41. The molecule has 1 unspecified atom stereocenters. The first-order chi connectivity index (χ1) is 28.6. The van der Waals surface area contributed by atoms with Crippen LogP contribution in [0.4, 0.5) is 0 Å². The first-order valence-electron chi connectivity index (χ1n) is 25.5. The van der Waals surface area contributed by atoms with Crippen molar-refractivity contribution in [2.45, 2.75) is 271 Å². The van der Waals surface area contributed by atoms with Gasteiger partial charge in [0.2, 0.25) is 0 Å². The Morgan fingerprint density at radius 2 is 0.776 bits per heavy atom. The lowest BCUT2D eigenvalue weighted by molar-refractivity contribution is -0.163. The summed E-state index contributed by atoms with van der Waals surface area (Å²) in [5, 5.41) is 0. The molecule has 0 aromatic carbocycles. The topological polar surface area (TPSA) is 61.8 Å². The van der Waals surface area contributed by atoms with Crippen LogP contribution in [0.15, 0.2) is 36.5 Å². The molecule has 0 aromatic heterocycles. The number of hydrogen-bond acceptors (Lipinski definition) is 5. The highest BCUT2D eigenvalue weighted by Crippen LogP contribution is 2.16. The molecule has 5 nitrogen and oxygen atoms in total. The van der Waals surface area contributed by atoms with Gasteiger partial charge in [0.1, 0.15) is 6.61 Å². The van der Waals surface area contributed by atoms with Gasteiger partial charge in [0.05, 0.1) is 6.61 Å². The Balaban J connectivity index is 4.24. The molecule has 0 amide bonds. The number of hydrogen-bond donors (Lipinski definition) is 0. The third-order valence-electron chi connectivity index (χ3n) is 11.2. The molecule has 58 heavy (non-hydrogen) atoms. The summed E-state index contributed by atoms with van der Waals surface area (Å²) in [4.78, 5) is 25.4. The van der Waals surface area contributed by atoms with Gasteiger partial charge in [-0.25, -0.2) is 0 Å². The van der Waals surface area contributed by atoms with Crippen molar-refractivity contribution in [1.82, 2.24) is 0 Å². The molecule has 0 aliphatic rings. The molecule has 340 valence electrons. The average molecular weight is 815 g/mol. The summed E-state index contributed by atoms with van der Waals surface area (Å²) in [5.74, 6) is -0.401. The molecule has 0 heterocycles. The SMILES string of the molecule is CC/C=C\C/C=C\C/C=C\CCCCCCCC(=O)OCC(COCCCCCCCCCCCCCC)OC(=O)CCCCCCCCCCCCCCCCC. The van der Waals surface area contributed by atoms with Crippen LogP contribution >= 0.6 is 0 Å². The summed E-state index contributed by atoms with van der Waals surface area (Å²) in [6, 6.07) is 0. The lowest BCUT2D eigenvalue weighted by atomic mass is 10.0. The molecule has 0 aromatic rings. The largest absolute Gasteiger partial charge is 0.462 e. The van der Waals surface area contributed by atoms with Crippen molar-refractivity contribution in [3.8, 4) is 0 Å². The predicted molar refractivity (Wildman–Crippen MR) is 252 cm³/mol. The molecule has 0 radical (unpaired) electrons. The van der Waals surface area contributed by atoms with Gasteiger partial charge in [-0.2, -0.15) is 0 Å². The monoisotopic (exact) mass is 815 g/mol. The Morgan fingerprint density at radius 1 is 0.397 bits per heavy atom. The van der Waals surface area contributed by atoms with E-state index in [0.29, 0.717) is 19.4 Å². The van der Waals surface area contributed by atoms with Gasteiger partial charge < -0.3 is 14.2 Å². The Labute approximate surface area is 361 Å². The minimum absolute atomic E-state index is 0.0822. The molecule has 5 heteroatoms. The average Bonchev–Trinajstić information content (AvgIpc) is 3.22. The fourth-order valence-corrected chi connectivity index (χ4v) is 7.41. The Hall–Kier alpha value is -1.88. The van der Waals surface area contributed by atoms with Crippen molar-refractivity contribution in [3.63, 3.8) is 0 Å². The predicted octanol–water partition coefficient (Wildman–Crippen LogP) is 17.0. The second-order valence-corrected chi connectivity index (χ2v) is 17.1. The number of rotatable bonds is 47. The lowest BCUT2D eigenvalue weighted by Crippen LogP contribution is -2.30. The second-order valence-electron chi connectivity index (χ2n) is 17.1. The van der Waals surface area contributed by atoms with Crippen LogP contribution in [0.1, 0.15) is 265 Å². The first-order valence-corrected chi connectivity index (χ1v) is 25.5. The van der Waals surface area contributed by atoms with E-state index >= 15 is 0 Å². The standard InChI is InChI=1S/C53H98O5/c1-4-7-10-13-16-19-22-25-27-29-31-34-37-40-43-46-52(54)57-50-51(49-56-48-45-42-39-36-33-24-21-18-15-12-9-6-3)58-53(55)47-44-41-38-35-32-30-28-26-23-20-17-14-11-8-5-2/h7,10,16,19,25,27,51H,4-6,8-9,11-15,17-18,20-24,26,28-50H2,1-3H3/b10-7-,19-16-,27-25-. The number of esters is 2. The van der Waals surface area contributed by atoms with Gasteiger partial charge in [-0.3, -0.25) is 9.59 Å². The van der Waals surface area contributed by atoms with Gasteiger partial charge in [0.25, 0.3) is 0 Å². The van der Waals surface area contributed by atoms with Gasteiger partial charge in [-0.1, -0.05) is 237 Å². The van der Waals surface area contributed by atoms with Crippen LogP contribution in [0.25, 0.3) is 0 Å². The van der Waals surface area contributed by atoms with Crippen LogP contribution in [-0.4, -0.2) is 37.9 Å². The van der Waals surface area contributed by atoms with Gasteiger partial charge in [-0.05, 0) is 51.4 Å². The molecule has 0 aliphatic heterocycles. The molecule has 0 saturated carbocycles. The van der Waals surface area contributed by atoms with Crippen LogP contribution < -0.4 is 0 Å². The molecular weight excluding hydrogens is 717 g/mol. The Kier molecular flexibility index (Phi) is 47.9. The molecule has 0 saturated heterocycles. The summed E-state index contributed by atoms with van der Waals surface area (Å²) < 4.78 is 17.4.